The van der Waals surface area contributed by atoms with Crippen molar-refractivity contribution >= 4 is 11.6 Å². The molecule has 0 saturated carbocycles. The number of hydrogen-bond acceptors (Lipinski definition) is 3. The Bertz CT molecular complexity index is 572. The highest BCUT2D eigenvalue weighted by Crippen LogP contribution is 2.30. The Labute approximate surface area is 117 Å². The molecule has 1 aromatic carbocycles. The van der Waals surface area contributed by atoms with Gasteiger partial charge in [-0.2, -0.15) is 0 Å². The molecule has 0 amide bonds. The van der Waals surface area contributed by atoms with E-state index in [-0.39, 0.29) is 0 Å². The van der Waals surface area contributed by atoms with Crippen LogP contribution in [0.15, 0.2) is 36.5 Å². The third-order valence-corrected chi connectivity index (χ3v) is 3.29. The lowest BCUT2D eigenvalue weighted by molar-refractivity contribution is 0.172. The van der Waals surface area contributed by atoms with Gasteiger partial charge in [-0.1, -0.05) is 17.7 Å². The normalized spacial score (nSPS) is 12.2. The van der Waals surface area contributed by atoms with E-state index in [1.165, 1.54) is 0 Å². The van der Waals surface area contributed by atoms with Crippen LogP contribution in [-0.2, 0) is 6.42 Å². The van der Waals surface area contributed by atoms with Crippen LogP contribution in [0.5, 0.6) is 5.75 Å². The number of aliphatic hydroxyl groups is 1. The Morgan fingerprint density at radius 3 is 2.84 bits per heavy atom. The molecule has 2 aromatic rings. The number of aryl methyl sites for hydroxylation is 1. The summed E-state index contributed by atoms with van der Waals surface area (Å²) in [6.07, 6.45) is 1.47. The van der Waals surface area contributed by atoms with E-state index in [9.17, 15) is 5.11 Å². The van der Waals surface area contributed by atoms with E-state index in [0.717, 1.165) is 11.3 Å². The minimum absolute atomic E-state index is 0.434. The van der Waals surface area contributed by atoms with E-state index in [0.29, 0.717) is 22.8 Å². The van der Waals surface area contributed by atoms with Gasteiger partial charge in [0.2, 0.25) is 0 Å². The number of ether oxygens (including phenoxy) is 1. The molecule has 100 valence electrons. The summed E-state index contributed by atoms with van der Waals surface area (Å²) in [7, 11) is 1.57. The summed E-state index contributed by atoms with van der Waals surface area (Å²) < 4.78 is 5.25. The monoisotopic (exact) mass is 277 g/mol. The number of benzene rings is 1. The molecule has 1 aromatic heterocycles. The van der Waals surface area contributed by atoms with Crippen molar-refractivity contribution in [2.45, 2.75) is 19.4 Å². The number of hydrogen-bond donors (Lipinski definition) is 1. The summed E-state index contributed by atoms with van der Waals surface area (Å²) in [6.45, 7) is 1.98. The Balaban J connectivity index is 2.27. The number of halogens is 1. The molecule has 0 radical (unpaired) electrons. The van der Waals surface area contributed by atoms with Crippen LogP contribution in [0.2, 0.25) is 5.02 Å². The Morgan fingerprint density at radius 1 is 1.37 bits per heavy atom. The largest absolute Gasteiger partial charge is 0.496 e. The molecule has 0 saturated heterocycles. The van der Waals surface area contributed by atoms with Gasteiger partial charge in [-0.15, -0.1) is 0 Å². The molecule has 1 heterocycles. The van der Waals surface area contributed by atoms with Gasteiger partial charge in [0, 0.05) is 28.9 Å². The van der Waals surface area contributed by atoms with Gasteiger partial charge in [0.1, 0.15) is 5.75 Å². The first kappa shape index (κ1) is 13.8. The first-order valence-electron chi connectivity index (χ1n) is 6.04. The fraction of sp³-hybridized carbons (Fsp3) is 0.267. The highest BCUT2D eigenvalue weighted by atomic mass is 35.5. The van der Waals surface area contributed by atoms with E-state index in [4.69, 9.17) is 16.3 Å². The molecule has 0 aliphatic heterocycles. The molecule has 1 atom stereocenters. The first-order chi connectivity index (χ1) is 9.11. The summed E-state index contributed by atoms with van der Waals surface area (Å²) in [5.41, 5.74) is 2.61. The van der Waals surface area contributed by atoms with Crippen LogP contribution in [0.1, 0.15) is 22.9 Å². The lowest BCUT2D eigenvalue weighted by Gasteiger charge is -2.15. The molecule has 0 bridgehead atoms. The molecule has 0 aliphatic carbocycles. The van der Waals surface area contributed by atoms with Crippen molar-refractivity contribution in [1.82, 2.24) is 4.98 Å². The SMILES string of the molecule is COc1ccc(Cl)cc1C(O)Cc1ncccc1C. The topological polar surface area (TPSA) is 42.4 Å². The lowest BCUT2D eigenvalue weighted by atomic mass is 10.0. The van der Waals surface area contributed by atoms with Gasteiger partial charge in [0.05, 0.1) is 13.2 Å². The zero-order valence-corrected chi connectivity index (χ0v) is 11.7. The summed E-state index contributed by atoms with van der Waals surface area (Å²) in [4.78, 5) is 4.29. The lowest BCUT2D eigenvalue weighted by Crippen LogP contribution is -2.06. The van der Waals surface area contributed by atoms with Gasteiger partial charge in [-0.3, -0.25) is 4.98 Å². The maximum atomic E-state index is 10.4. The van der Waals surface area contributed by atoms with Gasteiger partial charge < -0.3 is 9.84 Å². The number of rotatable bonds is 4. The third kappa shape index (κ3) is 3.25. The maximum Gasteiger partial charge on any atom is 0.124 e. The van der Waals surface area contributed by atoms with Crippen molar-refractivity contribution in [1.29, 1.82) is 0 Å². The van der Waals surface area contributed by atoms with E-state index in [2.05, 4.69) is 4.98 Å². The average molecular weight is 278 g/mol. The zero-order valence-electron chi connectivity index (χ0n) is 10.9. The Hall–Kier alpha value is -1.58. The summed E-state index contributed by atoms with van der Waals surface area (Å²) in [5, 5.41) is 10.9. The smallest absolute Gasteiger partial charge is 0.124 e. The average Bonchev–Trinajstić information content (AvgIpc) is 2.41. The second-order valence-electron chi connectivity index (χ2n) is 4.37. The molecular formula is C15H16ClNO2. The van der Waals surface area contributed by atoms with Crippen LogP contribution in [0, 0.1) is 6.92 Å². The summed E-state index contributed by atoms with van der Waals surface area (Å²) in [5.74, 6) is 0.630. The third-order valence-electron chi connectivity index (χ3n) is 3.06. The van der Waals surface area contributed by atoms with Crippen LogP contribution in [0.3, 0.4) is 0 Å². The van der Waals surface area contributed by atoms with Crippen molar-refractivity contribution in [2.75, 3.05) is 7.11 Å². The molecule has 19 heavy (non-hydrogen) atoms. The summed E-state index contributed by atoms with van der Waals surface area (Å²) >= 11 is 5.97. The van der Waals surface area contributed by atoms with Crippen LogP contribution in [0.4, 0.5) is 0 Å². The highest BCUT2D eigenvalue weighted by Gasteiger charge is 2.16. The van der Waals surface area contributed by atoms with Crippen molar-refractivity contribution in [3.05, 3.63) is 58.4 Å². The van der Waals surface area contributed by atoms with Gasteiger partial charge in [0.15, 0.2) is 0 Å². The van der Waals surface area contributed by atoms with E-state index in [1.807, 2.05) is 19.1 Å². The molecule has 1 N–H and O–H groups in total. The van der Waals surface area contributed by atoms with Crippen LogP contribution in [0.25, 0.3) is 0 Å². The quantitative estimate of drug-likeness (QED) is 0.932. The van der Waals surface area contributed by atoms with Gasteiger partial charge in [-0.25, -0.2) is 0 Å². The number of nitrogens with zero attached hydrogens (tertiary/aromatic N) is 1. The summed E-state index contributed by atoms with van der Waals surface area (Å²) in [6, 6.07) is 9.08. The van der Waals surface area contributed by atoms with Crippen molar-refractivity contribution in [3.63, 3.8) is 0 Å². The van der Waals surface area contributed by atoms with E-state index in [1.54, 1.807) is 31.5 Å². The molecule has 0 aliphatic rings. The molecule has 4 heteroatoms. The number of methoxy groups -OCH3 is 1. The highest BCUT2D eigenvalue weighted by molar-refractivity contribution is 6.30. The molecule has 1 unspecified atom stereocenters. The van der Waals surface area contributed by atoms with Crippen molar-refractivity contribution < 1.29 is 9.84 Å². The van der Waals surface area contributed by atoms with E-state index < -0.39 is 6.10 Å². The van der Waals surface area contributed by atoms with E-state index >= 15 is 0 Å². The molecule has 2 rings (SSSR count). The molecular weight excluding hydrogens is 262 g/mol. The predicted octanol–water partition coefficient (Wildman–Crippen LogP) is 3.33. The second kappa shape index (κ2) is 6.04. The zero-order chi connectivity index (χ0) is 13.8. The van der Waals surface area contributed by atoms with Gasteiger partial charge >= 0.3 is 0 Å². The predicted molar refractivity (Wildman–Crippen MR) is 75.6 cm³/mol. The Kier molecular flexibility index (Phi) is 4.40. The standard InChI is InChI=1S/C15H16ClNO2/c1-10-4-3-7-17-13(10)9-14(18)12-8-11(16)5-6-15(12)19-2/h3-8,14,18H,9H2,1-2H3. The Morgan fingerprint density at radius 2 is 2.16 bits per heavy atom. The number of aromatic nitrogens is 1. The van der Waals surface area contributed by atoms with Crippen LogP contribution >= 0.6 is 11.6 Å². The van der Waals surface area contributed by atoms with Gasteiger partial charge in [-0.05, 0) is 36.8 Å². The number of pyridine rings is 1. The number of aliphatic hydroxyl groups excluding tert-OH is 1. The second-order valence-corrected chi connectivity index (χ2v) is 4.81. The van der Waals surface area contributed by atoms with Crippen LogP contribution in [-0.4, -0.2) is 17.2 Å². The maximum absolute atomic E-state index is 10.4. The molecule has 3 nitrogen and oxygen atoms in total. The fourth-order valence-electron chi connectivity index (χ4n) is 1.99. The fourth-order valence-corrected chi connectivity index (χ4v) is 2.17. The van der Waals surface area contributed by atoms with Crippen molar-refractivity contribution in [3.8, 4) is 5.75 Å². The first-order valence-corrected chi connectivity index (χ1v) is 6.41. The minimum atomic E-state index is -0.692. The van der Waals surface area contributed by atoms with Crippen LogP contribution < -0.4 is 4.74 Å². The van der Waals surface area contributed by atoms with Crippen molar-refractivity contribution in [2.24, 2.45) is 0 Å². The molecule has 0 spiro atoms. The minimum Gasteiger partial charge on any atom is -0.496 e. The van der Waals surface area contributed by atoms with Gasteiger partial charge in [0.25, 0.3) is 0 Å². The molecule has 0 fully saturated rings.